The van der Waals surface area contributed by atoms with Crippen LogP contribution in [0.1, 0.15) is 32.6 Å². The van der Waals surface area contributed by atoms with Crippen molar-refractivity contribution in [1.29, 1.82) is 0 Å². The average Bonchev–Trinajstić information content (AvgIpc) is 2.40. The Hall–Kier alpha value is -1.67. The van der Waals surface area contributed by atoms with Crippen molar-refractivity contribution in [2.24, 2.45) is 5.92 Å². The highest BCUT2D eigenvalue weighted by molar-refractivity contribution is 7.89. The molecule has 1 aromatic carbocycles. The first-order chi connectivity index (χ1) is 9.79. The summed E-state index contributed by atoms with van der Waals surface area (Å²) in [4.78, 5) is 10.0. The van der Waals surface area contributed by atoms with Gasteiger partial charge in [0.25, 0.3) is 5.69 Å². The number of sulfonamides is 1. The van der Waals surface area contributed by atoms with E-state index in [4.69, 9.17) is 5.73 Å². The summed E-state index contributed by atoms with van der Waals surface area (Å²) in [5.41, 5.74) is 5.09. The molecule has 21 heavy (non-hydrogen) atoms. The van der Waals surface area contributed by atoms with Crippen molar-refractivity contribution in [3.63, 3.8) is 0 Å². The summed E-state index contributed by atoms with van der Waals surface area (Å²) in [7, 11) is -3.69. The molecule has 0 amide bonds. The van der Waals surface area contributed by atoms with Gasteiger partial charge in [0.15, 0.2) is 0 Å². The Morgan fingerprint density at radius 1 is 1.29 bits per heavy atom. The van der Waals surface area contributed by atoms with E-state index >= 15 is 0 Å². The van der Waals surface area contributed by atoms with Crippen LogP contribution in [0, 0.1) is 16.0 Å². The van der Waals surface area contributed by atoms with Crippen LogP contribution in [0.4, 0.5) is 11.4 Å². The SMILES string of the molecule is CC1CCC(NS(=O)(=O)c2ccc([N+](=O)[O-])c(N)c2)CC1. The molecule has 0 saturated heterocycles. The predicted molar refractivity (Wildman–Crippen MR) is 79.3 cm³/mol. The molecule has 1 fully saturated rings. The fourth-order valence-electron chi connectivity index (χ4n) is 2.53. The molecule has 116 valence electrons. The van der Waals surface area contributed by atoms with E-state index in [1.807, 2.05) is 0 Å². The zero-order chi connectivity index (χ0) is 15.6. The average molecular weight is 313 g/mol. The first-order valence-corrected chi connectivity index (χ1v) is 8.34. The molecular formula is C13H19N3O4S. The Balaban J connectivity index is 2.16. The van der Waals surface area contributed by atoms with Crippen LogP contribution in [0.2, 0.25) is 0 Å². The maximum Gasteiger partial charge on any atom is 0.292 e. The highest BCUT2D eigenvalue weighted by Crippen LogP contribution is 2.27. The zero-order valence-electron chi connectivity index (χ0n) is 11.8. The molecule has 0 aliphatic heterocycles. The third-order valence-electron chi connectivity index (χ3n) is 3.84. The van der Waals surface area contributed by atoms with Gasteiger partial charge in [-0.1, -0.05) is 6.92 Å². The standard InChI is InChI=1S/C13H19N3O4S/c1-9-2-4-10(5-3-9)15-21(19,20)11-6-7-13(16(17)18)12(14)8-11/h6-10,15H,2-5,14H2,1H3. The van der Waals surface area contributed by atoms with Crippen molar-refractivity contribution in [3.8, 4) is 0 Å². The van der Waals surface area contributed by atoms with Crippen LogP contribution in [0.3, 0.4) is 0 Å². The van der Waals surface area contributed by atoms with Crippen molar-refractivity contribution >= 4 is 21.4 Å². The number of rotatable bonds is 4. The number of nitrogens with one attached hydrogen (secondary N) is 1. The lowest BCUT2D eigenvalue weighted by atomic mass is 9.88. The number of nitro groups is 1. The monoisotopic (exact) mass is 313 g/mol. The molecule has 0 bridgehead atoms. The van der Waals surface area contributed by atoms with Gasteiger partial charge in [-0.05, 0) is 43.7 Å². The van der Waals surface area contributed by atoms with E-state index in [2.05, 4.69) is 11.6 Å². The lowest BCUT2D eigenvalue weighted by Crippen LogP contribution is -2.37. The molecule has 0 heterocycles. The maximum atomic E-state index is 12.3. The lowest BCUT2D eigenvalue weighted by Gasteiger charge is -2.26. The summed E-state index contributed by atoms with van der Waals surface area (Å²) in [6.45, 7) is 2.15. The summed E-state index contributed by atoms with van der Waals surface area (Å²) in [6, 6.07) is 3.38. The molecule has 0 unspecified atom stereocenters. The molecule has 0 spiro atoms. The van der Waals surface area contributed by atoms with Crippen molar-refractivity contribution in [3.05, 3.63) is 28.3 Å². The van der Waals surface area contributed by atoms with Gasteiger partial charge in [-0.25, -0.2) is 13.1 Å². The van der Waals surface area contributed by atoms with E-state index < -0.39 is 14.9 Å². The molecule has 1 saturated carbocycles. The largest absolute Gasteiger partial charge is 0.393 e. The number of nitro benzene ring substituents is 1. The van der Waals surface area contributed by atoms with Gasteiger partial charge >= 0.3 is 0 Å². The van der Waals surface area contributed by atoms with Gasteiger partial charge in [0.2, 0.25) is 10.0 Å². The second-order valence-corrected chi connectivity index (χ2v) is 7.27. The number of anilines is 1. The highest BCUT2D eigenvalue weighted by Gasteiger charge is 2.25. The van der Waals surface area contributed by atoms with Crippen LogP contribution in [0.25, 0.3) is 0 Å². The van der Waals surface area contributed by atoms with Gasteiger partial charge in [-0.3, -0.25) is 10.1 Å². The minimum absolute atomic E-state index is 0.0378. The summed E-state index contributed by atoms with van der Waals surface area (Å²) in [5, 5.41) is 10.7. The summed E-state index contributed by atoms with van der Waals surface area (Å²) >= 11 is 0. The number of hydrogen-bond acceptors (Lipinski definition) is 5. The molecule has 0 aromatic heterocycles. The number of nitrogens with two attached hydrogens (primary N) is 1. The van der Waals surface area contributed by atoms with Crippen LogP contribution in [-0.4, -0.2) is 19.4 Å². The predicted octanol–water partition coefficient (Wildman–Crippen LogP) is 2.03. The maximum absolute atomic E-state index is 12.3. The quantitative estimate of drug-likeness (QED) is 0.501. The molecule has 1 aliphatic rings. The van der Waals surface area contributed by atoms with Crippen molar-refractivity contribution in [2.75, 3.05) is 5.73 Å². The van der Waals surface area contributed by atoms with Crippen molar-refractivity contribution < 1.29 is 13.3 Å². The van der Waals surface area contributed by atoms with E-state index in [-0.39, 0.29) is 22.3 Å². The molecule has 8 heteroatoms. The first-order valence-electron chi connectivity index (χ1n) is 6.86. The summed E-state index contributed by atoms with van der Waals surface area (Å²) < 4.78 is 27.2. The van der Waals surface area contributed by atoms with E-state index in [1.54, 1.807) is 0 Å². The van der Waals surface area contributed by atoms with Crippen LogP contribution in [0.5, 0.6) is 0 Å². The van der Waals surface area contributed by atoms with Gasteiger partial charge in [0, 0.05) is 12.1 Å². The second-order valence-electron chi connectivity index (χ2n) is 5.56. The van der Waals surface area contributed by atoms with Crippen LogP contribution < -0.4 is 10.5 Å². The zero-order valence-corrected chi connectivity index (χ0v) is 12.6. The fourth-order valence-corrected chi connectivity index (χ4v) is 3.87. The molecular weight excluding hydrogens is 294 g/mol. The molecule has 7 nitrogen and oxygen atoms in total. The van der Waals surface area contributed by atoms with Crippen molar-refractivity contribution in [1.82, 2.24) is 4.72 Å². The molecule has 3 N–H and O–H groups in total. The second kappa shape index (κ2) is 5.98. The van der Waals surface area contributed by atoms with E-state index in [0.717, 1.165) is 37.8 Å². The Kier molecular flexibility index (Phi) is 4.48. The summed E-state index contributed by atoms with van der Waals surface area (Å²) in [5.74, 6) is 0.626. The highest BCUT2D eigenvalue weighted by atomic mass is 32.2. The Morgan fingerprint density at radius 3 is 2.43 bits per heavy atom. The molecule has 0 atom stereocenters. The normalized spacial score (nSPS) is 22.9. The van der Waals surface area contributed by atoms with Crippen LogP contribution in [0.15, 0.2) is 23.1 Å². The Bertz CT molecular complexity index is 637. The van der Waals surface area contributed by atoms with E-state index in [1.165, 1.54) is 6.07 Å². The number of nitrogen functional groups attached to an aromatic ring is 1. The van der Waals surface area contributed by atoms with Gasteiger partial charge < -0.3 is 5.73 Å². The minimum atomic E-state index is -3.69. The Labute approximate surface area is 123 Å². The molecule has 1 aliphatic carbocycles. The first kappa shape index (κ1) is 15.7. The molecule has 1 aromatic rings. The Morgan fingerprint density at radius 2 is 1.90 bits per heavy atom. The van der Waals surface area contributed by atoms with Crippen LogP contribution >= 0.6 is 0 Å². The third-order valence-corrected chi connectivity index (χ3v) is 5.36. The van der Waals surface area contributed by atoms with Gasteiger partial charge in [0.1, 0.15) is 5.69 Å². The molecule has 0 radical (unpaired) electrons. The summed E-state index contributed by atoms with van der Waals surface area (Å²) in [6.07, 6.45) is 3.61. The van der Waals surface area contributed by atoms with E-state index in [0.29, 0.717) is 5.92 Å². The van der Waals surface area contributed by atoms with Crippen molar-refractivity contribution in [2.45, 2.75) is 43.5 Å². The van der Waals surface area contributed by atoms with E-state index in [9.17, 15) is 18.5 Å². The third kappa shape index (κ3) is 3.70. The van der Waals surface area contributed by atoms with Gasteiger partial charge in [-0.2, -0.15) is 0 Å². The topological polar surface area (TPSA) is 115 Å². The minimum Gasteiger partial charge on any atom is -0.393 e. The lowest BCUT2D eigenvalue weighted by molar-refractivity contribution is -0.383. The fraction of sp³-hybridized carbons (Fsp3) is 0.538. The van der Waals surface area contributed by atoms with Gasteiger partial charge in [-0.15, -0.1) is 0 Å². The molecule has 2 rings (SSSR count). The van der Waals surface area contributed by atoms with Crippen LogP contribution in [-0.2, 0) is 10.0 Å². The number of benzene rings is 1. The number of nitrogens with zero attached hydrogens (tertiary/aromatic N) is 1. The number of hydrogen-bond donors (Lipinski definition) is 2. The van der Waals surface area contributed by atoms with Gasteiger partial charge in [0.05, 0.1) is 9.82 Å². The smallest absolute Gasteiger partial charge is 0.292 e.